The first-order valence-electron chi connectivity index (χ1n) is 19.4. The molecular formula is C42H54N6O5S. The number of aromatic nitrogens is 3. The summed E-state index contributed by atoms with van der Waals surface area (Å²) in [6.07, 6.45) is 10.5. The topological polar surface area (TPSA) is 119 Å². The van der Waals surface area contributed by atoms with Crippen molar-refractivity contribution in [2.75, 3.05) is 27.7 Å². The first-order chi connectivity index (χ1) is 25.7. The summed E-state index contributed by atoms with van der Waals surface area (Å²) >= 11 is 0. The van der Waals surface area contributed by atoms with Crippen molar-refractivity contribution in [3.8, 4) is 17.0 Å². The molecule has 11 nitrogen and oxygen atoms in total. The molecule has 1 saturated carbocycles. The van der Waals surface area contributed by atoms with Crippen LogP contribution in [0.3, 0.4) is 0 Å². The minimum atomic E-state index is -3.84. The van der Waals surface area contributed by atoms with Crippen molar-refractivity contribution >= 4 is 44.4 Å². The van der Waals surface area contributed by atoms with E-state index in [4.69, 9.17) is 9.84 Å². The summed E-state index contributed by atoms with van der Waals surface area (Å²) in [6, 6.07) is 11.9. The Kier molecular flexibility index (Phi) is 10.3. The molecule has 54 heavy (non-hydrogen) atoms. The smallest absolute Gasteiger partial charge is 0.264 e. The van der Waals surface area contributed by atoms with E-state index in [9.17, 15) is 18.0 Å². The van der Waals surface area contributed by atoms with Crippen LogP contribution in [0, 0.1) is 0 Å². The van der Waals surface area contributed by atoms with E-state index in [1.165, 1.54) is 12.0 Å². The standard InChI is InChI=1S/C42H54N6O5S/c1-25(2)48-39(36(22-43-48)42(50)47-27(5)18-32(47)24-45(6)7)31-19-30-20-33(53-8)15-17-34(30)40-38(28-12-10-9-11-13-28)35-16-14-29(21-37(35)46(40)23-31)41(49)44-54(51,52)26(3)4/h14-17,19-22,25-28,32H,9-13,18,23-24H2,1-8H3,(H,44,49). The number of allylic oxidation sites excluding steroid dienone is 1. The number of nitrogens with one attached hydrogen (secondary N) is 1. The molecule has 2 unspecified atom stereocenters. The van der Waals surface area contributed by atoms with Gasteiger partial charge in [0.2, 0.25) is 10.0 Å². The highest BCUT2D eigenvalue weighted by Crippen LogP contribution is 2.48. The maximum absolute atomic E-state index is 14.6. The predicted molar refractivity (Wildman–Crippen MR) is 214 cm³/mol. The lowest BCUT2D eigenvalue weighted by Crippen LogP contribution is -2.60. The molecule has 1 N–H and O–H groups in total. The van der Waals surface area contributed by atoms with E-state index in [1.54, 1.807) is 33.2 Å². The molecule has 288 valence electrons. The van der Waals surface area contributed by atoms with Crippen LogP contribution in [0.2, 0.25) is 0 Å². The highest BCUT2D eigenvalue weighted by Gasteiger charge is 2.41. The van der Waals surface area contributed by atoms with Crippen molar-refractivity contribution in [2.24, 2.45) is 0 Å². The predicted octanol–water partition coefficient (Wildman–Crippen LogP) is 7.33. The molecule has 2 fully saturated rings. The third kappa shape index (κ3) is 6.76. The fourth-order valence-corrected chi connectivity index (χ4v) is 9.41. The molecule has 2 atom stereocenters. The van der Waals surface area contributed by atoms with Gasteiger partial charge >= 0.3 is 0 Å². The zero-order chi connectivity index (χ0) is 38.6. The molecule has 1 saturated heterocycles. The van der Waals surface area contributed by atoms with Gasteiger partial charge < -0.3 is 19.1 Å². The van der Waals surface area contributed by atoms with E-state index in [0.717, 1.165) is 83.4 Å². The number of ether oxygens (including phenoxy) is 1. The second-order valence-corrected chi connectivity index (χ2v) is 18.5. The molecule has 0 bridgehead atoms. The molecule has 4 heterocycles. The Bertz CT molecular complexity index is 2240. The number of benzene rings is 2. The van der Waals surface area contributed by atoms with Crippen LogP contribution in [0.5, 0.6) is 5.75 Å². The van der Waals surface area contributed by atoms with Gasteiger partial charge in [-0.1, -0.05) is 25.3 Å². The Labute approximate surface area is 319 Å². The van der Waals surface area contributed by atoms with Crippen molar-refractivity contribution in [2.45, 2.75) is 109 Å². The largest absolute Gasteiger partial charge is 0.497 e. The molecule has 2 aliphatic heterocycles. The molecule has 12 heteroatoms. The first kappa shape index (κ1) is 37.9. The van der Waals surface area contributed by atoms with Crippen molar-refractivity contribution in [3.05, 3.63) is 70.5 Å². The number of likely N-dealkylation sites (N-methyl/N-ethyl adjacent to an activating group) is 1. The first-order valence-corrected chi connectivity index (χ1v) is 20.9. The number of hydrogen-bond acceptors (Lipinski definition) is 7. The minimum Gasteiger partial charge on any atom is -0.497 e. The van der Waals surface area contributed by atoms with Crippen LogP contribution >= 0.6 is 0 Å². The Balaban J connectivity index is 1.46. The van der Waals surface area contributed by atoms with Crippen LogP contribution in [0.4, 0.5) is 0 Å². The molecule has 2 aromatic carbocycles. The van der Waals surface area contributed by atoms with Crippen molar-refractivity contribution in [3.63, 3.8) is 0 Å². The molecule has 0 radical (unpaired) electrons. The summed E-state index contributed by atoms with van der Waals surface area (Å²) < 4.78 is 37.8. The van der Waals surface area contributed by atoms with E-state index >= 15 is 0 Å². The highest BCUT2D eigenvalue weighted by molar-refractivity contribution is 7.90. The monoisotopic (exact) mass is 754 g/mol. The van der Waals surface area contributed by atoms with Gasteiger partial charge in [-0.15, -0.1) is 0 Å². The molecular weight excluding hydrogens is 701 g/mol. The molecule has 4 aromatic rings. The van der Waals surface area contributed by atoms with Gasteiger partial charge in [0, 0.05) is 46.7 Å². The van der Waals surface area contributed by atoms with Crippen molar-refractivity contribution in [1.82, 2.24) is 28.9 Å². The number of nitrogens with zero attached hydrogens (tertiary/aromatic N) is 5. The van der Waals surface area contributed by atoms with Crippen LogP contribution in [0.15, 0.2) is 42.6 Å². The molecule has 2 amide bonds. The van der Waals surface area contributed by atoms with Crippen LogP contribution in [0.25, 0.3) is 33.8 Å². The van der Waals surface area contributed by atoms with Gasteiger partial charge in [0.1, 0.15) is 5.75 Å². The number of hydrogen-bond donors (Lipinski definition) is 1. The van der Waals surface area contributed by atoms with E-state index in [1.807, 2.05) is 41.9 Å². The fraction of sp³-hybridized carbons (Fsp3) is 0.500. The van der Waals surface area contributed by atoms with Crippen LogP contribution in [0.1, 0.15) is 123 Å². The normalized spacial score (nSPS) is 19.1. The summed E-state index contributed by atoms with van der Waals surface area (Å²) in [6.45, 7) is 10.6. The lowest BCUT2D eigenvalue weighted by molar-refractivity contribution is 0.0132. The number of likely N-dealkylation sites (tertiary alicyclic amines) is 1. The third-order valence-corrected chi connectivity index (χ3v) is 13.2. The van der Waals surface area contributed by atoms with Crippen molar-refractivity contribution < 1.29 is 22.7 Å². The van der Waals surface area contributed by atoms with Gasteiger partial charge in [-0.3, -0.25) is 14.3 Å². The van der Waals surface area contributed by atoms with E-state index in [0.29, 0.717) is 18.0 Å². The zero-order valence-corrected chi connectivity index (χ0v) is 33.7. The number of sulfonamides is 1. The average molecular weight is 755 g/mol. The number of carbonyl (C=O) groups is 2. The number of carbonyl (C=O) groups excluding carboxylic acids is 2. The molecule has 0 spiro atoms. The van der Waals surface area contributed by atoms with Crippen LogP contribution < -0.4 is 9.46 Å². The number of fused-ring (bicyclic) bond motifs is 5. The Morgan fingerprint density at radius 3 is 2.41 bits per heavy atom. The third-order valence-electron chi connectivity index (χ3n) is 11.5. The van der Waals surface area contributed by atoms with Gasteiger partial charge in [-0.05, 0) is 127 Å². The van der Waals surface area contributed by atoms with Gasteiger partial charge in [-0.25, -0.2) is 13.1 Å². The Morgan fingerprint density at radius 2 is 1.76 bits per heavy atom. The number of rotatable bonds is 10. The number of methoxy groups -OCH3 is 1. The number of amides is 2. The average Bonchev–Trinajstić information content (AvgIpc) is 3.66. The second-order valence-electron chi connectivity index (χ2n) is 16.2. The summed E-state index contributed by atoms with van der Waals surface area (Å²) in [4.78, 5) is 32.3. The maximum atomic E-state index is 14.6. The summed E-state index contributed by atoms with van der Waals surface area (Å²) in [5.74, 6) is 0.365. The SMILES string of the molecule is COc1ccc2c(c1)C=C(c1c(C(=O)N3C(C)CC3CN(C)C)cnn1C(C)C)Cn1c-2c(C2CCCCC2)c2ccc(C(=O)NS(=O)(=O)C(C)C)cc21. The van der Waals surface area contributed by atoms with E-state index < -0.39 is 21.2 Å². The van der Waals surface area contributed by atoms with Crippen LogP contribution in [-0.4, -0.2) is 89.5 Å². The maximum Gasteiger partial charge on any atom is 0.264 e. The van der Waals surface area contributed by atoms with Crippen LogP contribution in [-0.2, 0) is 16.6 Å². The lowest BCUT2D eigenvalue weighted by atomic mass is 9.81. The highest BCUT2D eigenvalue weighted by atomic mass is 32.2. The lowest BCUT2D eigenvalue weighted by Gasteiger charge is -2.48. The van der Waals surface area contributed by atoms with E-state index in [-0.39, 0.29) is 29.6 Å². The Hall–Kier alpha value is -4.42. The summed E-state index contributed by atoms with van der Waals surface area (Å²) in [5.41, 5.74) is 7.73. The summed E-state index contributed by atoms with van der Waals surface area (Å²) in [5, 5.41) is 5.14. The molecule has 2 aromatic heterocycles. The fourth-order valence-electron chi connectivity index (χ4n) is 8.79. The quantitative estimate of drug-likeness (QED) is 0.180. The van der Waals surface area contributed by atoms with Gasteiger partial charge in [0.05, 0.1) is 42.1 Å². The minimum absolute atomic E-state index is 0.0238. The summed E-state index contributed by atoms with van der Waals surface area (Å²) in [7, 11) is 1.90. The zero-order valence-electron chi connectivity index (χ0n) is 32.8. The van der Waals surface area contributed by atoms with Gasteiger partial charge in [0.15, 0.2) is 0 Å². The van der Waals surface area contributed by atoms with Gasteiger partial charge in [-0.2, -0.15) is 5.10 Å². The van der Waals surface area contributed by atoms with Gasteiger partial charge in [0.25, 0.3) is 11.8 Å². The van der Waals surface area contributed by atoms with E-state index in [2.05, 4.69) is 53.2 Å². The molecule has 3 aliphatic rings. The molecule has 1 aliphatic carbocycles. The second kappa shape index (κ2) is 14.7. The molecule has 7 rings (SSSR count). The Morgan fingerprint density at radius 1 is 1.02 bits per heavy atom. The van der Waals surface area contributed by atoms with Crippen molar-refractivity contribution in [1.29, 1.82) is 0 Å².